The van der Waals surface area contributed by atoms with Gasteiger partial charge in [0.25, 0.3) is 0 Å². The van der Waals surface area contributed by atoms with Crippen LogP contribution in [0.2, 0.25) is 0 Å². The molecule has 0 spiro atoms. The van der Waals surface area contributed by atoms with Crippen molar-refractivity contribution in [2.45, 2.75) is 0 Å². The lowest BCUT2D eigenvalue weighted by Crippen LogP contribution is -2.00. The lowest BCUT2D eigenvalue weighted by atomic mass is 10.0. The van der Waals surface area contributed by atoms with Crippen LogP contribution in [-0.2, 0) is 0 Å². The van der Waals surface area contributed by atoms with Gasteiger partial charge in [0.2, 0.25) is 0 Å². The lowest BCUT2D eigenvalue weighted by molar-refractivity contribution is 1.04. The first-order valence-electron chi connectivity index (χ1n) is 14.1. The smallest absolute Gasteiger partial charge is 0.182 e. The second kappa shape index (κ2) is 8.85. The van der Waals surface area contributed by atoms with Crippen LogP contribution in [0.1, 0.15) is 0 Å². The number of nitrogens with zero attached hydrogens (tertiary/aromatic N) is 5. The Hall–Kier alpha value is -5.81. The van der Waals surface area contributed by atoms with Gasteiger partial charge in [-0.2, -0.15) is 0 Å². The van der Waals surface area contributed by atoms with Crippen molar-refractivity contribution in [3.8, 4) is 22.8 Å². The second-order valence-corrected chi connectivity index (χ2v) is 10.5. The number of para-hydroxylation sites is 4. The van der Waals surface area contributed by atoms with Crippen molar-refractivity contribution in [2.24, 2.45) is 0 Å². The molecular formula is C37H23N5. The Balaban J connectivity index is 1.61. The second-order valence-electron chi connectivity index (χ2n) is 10.5. The summed E-state index contributed by atoms with van der Waals surface area (Å²) in [7, 11) is 0. The molecule has 0 aliphatic heterocycles. The summed E-state index contributed by atoms with van der Waals surface area (Å²) in [6.45, 7) is 0. The van der Waals surface area contributed by atoms with E-state index < -0.39 is 0 Å². The predicted molar refractivity (Wildman–Crippen MR) is 171 cm³/mol. The molecule has 0 fully saturated rings. The predicted octanol–water partition coefficient (Wildman–Crippen LogP) is 8.89. The van der Waals surface area contributed by atoms with Crippen LogP contribution in [0.4, 0.5) is 0 Å². The average molecular weight is 538 g/mol. The molecule has 0 bridgehead atoms. The molecule has 3 heterocycles. The van der Waals surface area contributed by atoms with E-state index in [0.717, 1.165) is 66.2 Å². The zero-order valence-corrected chi connectivity index (χ0v) is 22.5. The standard InChI is InChI=1S/C37H23N5/c1-4-14-24(15-5-1)37-38-34-33(39-40-37)31-27-20-10-12-22-29(27)41(25-16-6-2-7-17-25)35(31)32-28-21-11-13-23-30(28)42(36(32)34)26-18-8-3-9-19-26/h1-23H. The SMILES string of the molecule is c1ccc(-c2nnc3c(n2)c2c(c4ccccc4n2-c2ccccc2)c2c3c3ccccc3n2-c2ccccc2)cc1. The van der Waals surface area contributed by atoms with Gasteiger partial charge in [-0.05, 0) is 36.4 Å². The van der Waals surface area contributed by atoms with Gasteiger partial charge in [-0.15, -0.1) is 10.2 Å². The molecule has 5 nitrogen and oxygen atoms in total. The Kier molecular flexibility index (Phi) is 4.83. The van der Waals surface area contributed by atoms with Crippen molar-refractivity contribution in [3.05, 3.63) is 140 Å². The maximum atomic E-state index is 5.29. The van der Waals surface area contributed by atoms with Crippen LogP contribution in [0, 0.1) is 0 Å². The molecule has 196 valence electrons. The summed E-state index contributed by atoms with van der Waals surface area (Å²) < 4.78 is 4.71. The molecule has 5 heteroatoms. The van der Waals surface area contributed by atoms with Gasteiger partial charge in [-0.25, -0.2) is 4.98 Å². The number of hydrogen-bond donors (Lipinski definition) is 0. The molecule has 0 amide bonds. The summed E-state index contributed by atoms with van der Waals surface area (Å²) in [6.07, 6.45) is 0. The van der Waals surface area contributed by atoms with E-state index >= 15 is 0 Å². The minimum absolute atomic E-state index is 0.611. The number of fused-ring (bicyclic) bond motifs is 10. The molecule has 42 heavy (non-hydrogen) atoms. The quantitative estimate of drug-likeness (QED) is 0.226. The first-order valence-corrected chi connectivity index (χ1v) is 14.1. The van der Waals surface area contributed by atoms with Gasteiger partial charge in [-0.3, -0.25) is 0 Å². The summed E-state index contributed by atoms with van der Waals surface area (Å²) >= 11 is 0. The van der Waals surface area contributed by atoms with Gasteiger partial charge >= 0.3 is 0 Å². The van der Waals surface area contributed by atoms with Crippen LogP contribution in [0.5, 0.6) is 0 Å². The Labute approximate surface area is 240 Å². The normalized spacial score (nSPS) is 11.8. The monoisotopic (exact) mass is 537 g/mol. The zero-order valence-electron chi connectivity index (χ0n) is 22.5. The highest BCUT2D eigenvalue weighted by atomic mass is 15.2. The van der Waals surface area contributed by atoms with Gasteiger partial charge < -0.3 is 9.13 Å². The summed E-state index contributed by atoms with van der Waals surface area (Å²) in [5.74, 6) is 0.611. The minimum Gasteiger partial charge on any atom is -0.308 e. The molecule has 0 aliphatic carbocycles. The maximum absolute atomic E-state index is 5.29. The van der Waals surface area contributed by atoms with Crippen molar-refractivity contribution in [1.29, 1.82) is 0 Å². The van der Waals surface area contributed by atoms with Crippen LogP contribution in [0.15, 0.2) is 140 Å². The Morgan fingerprint density at radius 2 is 0.905 bits per heavy atom. The third kappa shape index (κ3) is 3.16. The topological polar surface area (TPSA) is 48.5 Å². The molecule has 0 saturated carbocycles. The first-order chi connectivity index (χ1) is 20.9. The molecule has 9 aromatic rings. The van der Waals surface area contributed by atoms with E-state index in [0.29, 0.717) is 5.82 Å². The molecule has 0 saturated heterocycles. The molecule has 3 aromatic heterocycles. The van der Waals surface area contributed by atoms with E-state index in [4.69, 9.17) is 15.2 Å². The van der Waals surface area contributed by atoms with Crippen molar-refractivity contribution in [2.75, 3.05) is 0 Å². The van der Waals surface area contributed by atoms with E-state index in [2.05, 4.69) is 118 Å². The highest BCUT2D eigenvalue weighted by molar-refractivity contribution is 6.35. The summed E-state index contributed by atoms with van der Waals surface area (Å²) in [6, 6.07) is 48.4. The molecule has 0 atom stereocenters. The largest absolute Gasteiger partial charge is 0.308 e. The van der Waals surface area contributed by atoms with E-state index in [-0.39, 0.29) is 0 Å². The zero-order chi connectivity index (χ0) is 27.6. The number of hydrogen-bond acceptors (Lipinski definition) is 3. The van der Waals surface area contributed by atoms with Crippen molar-refractivity contribution >= 4 is 54.6 Å². The van der Waals surface area contributed by atoms with Gasteiger partial charge in [0.1, 0.15) is 11.0 Å². The van der Waals surface area contributed by atoms with E-state index in [9.17, 15) is 0 Å². The summed E-state index contributed by atoms with van der Waals surface area (Å²) in [5, 5.41) is 14.2. The minimum atomic E-state index is 0.611. The van der Waals surface area contributed by atoms with Gasteiger partial charge in [0, 0.05) is 38.5 Å². The fourth-order valence-electron chi connectivity index (χ4n) is 6.48. The van der Waals surface area contributed by atoms with E-state index in [1.165, 1.54) is 5.39 Å². The number of aromatic nitrogens is 5. The third-order valence-corrected chi connectivity index (χ3v) is 8.19. The molecule has 0 unspecified atom stereocenters. The van der Waals surface area contributed by atoms with Crippen molar-refractivity contribution in [3.63, 3.8) is 0 Å². The van der Waals surface area contributed by atoms with Gasteiger partial charge in [0.05, 0.1) is 22.1 Å². The molecule has 6 aromatic carbocycles. The maximum Gasteiger partial charge on any atom is 0.182 e. The molecular weight excluding hydrogens is 514 g/mol. The van der Waals surface area contributed by atoms with Crippen molar-refractivity contribution < 1.29 is 0 Å². The Morgan fingerprint density at radius 1 is 0.405 bits per heavy atom. The van der Waals surface area contributed by atoms with Gasteiger partial charge in [0.15, 0.2) is 5.82 Å². The first kappa shape index (κ1) is 22.9. The van der Waals surface area contributed by atoms with Crippen LogP contribution in [-0.4, -0.2) is 24.3 Å². The highest BCUT2D eigenvalue weighted by Gasteiger charge is 2.26. The number of benzene rings is 6. The van der Waals surface area contributed by atoms with E-state index in [1.54, 1.807) is 0 Å². The van der Waals surface area contributed by atoms with Crippen LogP contribution >= 0.6 is 0 Å². The Bertz CT molecular complexity index is 2440. The third-order valence-electron chi connectivity index (χ3n) is 8.19. The highest BCUT2D eigenvalue weighted by Crippen LogP contribution is 2.45. The molecule has 9 rings (SSSR count). The van der Waals surface area contributed by atoms with E-state index in [1.807, 2.05) is 30.3 Å². The van der Waals surface area contributed by atoms with Crippen LogP contribution in [0.3, 0.4) is 0 Å². The molecule has 0 N–H and O–H groups in total. The lowest BCUT2D eigenvalue weighted by Gasteiger charge is -2.12. The van der Waals surface area contributed by atoms with Gasteiger partial charge in [-0.1, -0.05) is 103 Å². The van der Waals surface area contributed by atoms with Crippen LogP contribution in [0.25, 0.3) is 77.4 Å². The number of rotatable bonds is 3. The summed E-state index contributed by atoms with van der Waals surface area (Å²) in [4.78, 5) is 5.29. The molecule has 0 radical (unpaired) electrons. The average Bonchev–Trinajstić information content (AvgIpc) is 3.60. The fourth-order valence-corrected chi connectivity index (χ4v) is 6.48. The Morgan fingerprint density at radius 3 is 1.52 bits per heavy atom. The fraction of sp³-hybridized carbons (Fsp3) is 0. The summed E-state index contributed by atoms with van der Waals surface area (Å²) in [5.41, 5.74) is 9.13. The van der Waals surface area contributed by atoms with Crippen LogP contribution < -0.4 is 0 Å². The van der Waals surface area contributed by atoms with Crippen molar-refractivity contribution in [1.82, 2.24) is 24.3 Å². The molecule has 0 aliphatic rings.